The van der Waals surface area contributed by atoms with Gasteiger partial charge in [0.25, 0.3) is 10.0 Å². The molecule has 1 aliphatic rings. The first-order valence-electron chi connectivity index (χ1n) is 8.98. The highest BCUT2D eigenvalue weighted by atomic mass is 79.9. The van der Waals surface area contributed by atoms with Crippen molar-refractivity contribution in [2.45, 2.75) is 23.8 Å². The summed E-state index contributed by atoms with van der Waals surface area (Å²) in [5, 5.41) is 0.683. The maximum atomic E-state index is 12.8. The van der Waals surface area contributed by atoms with Crippen LogP contribution in [0.3, 0.4) is 0 Å². The Morgan fingerprint density at radius 2 is 1.93 bits per heavy atom. The summed E-state index contributed by atoms with van der Waals surface area (Å²) in [7, 11) is -0.355. The number of nitrogens with one attached hydrogen (secondary N) is 1. The van der Waals surface area contributed by atoms with Crippen LogP contribution in [-0.2, 0) is 10.0 Å². The number of amides is 1. The molecule has 29 heavy (non-hydrogen) atoms. The molecule has 9 heteroatoms. The molecular formula is C20H19BrN2O5S. The molecule has 1 aromatic heterocycles. The highest BCUT2D eigenvalue weighted by Crippen LogP contribution is 2.33. The first-order chi connectivity index (χ1) is 13.7. The molecule has 152 valence electrons. The van der Waals surface area contributed by atoms with Gasteiger partial charge in [-0.25, -0.2) is 13.1 Å². The molecule has 0 radical (unpaired) electrons. The van der Waals surface area contributed by atoms with Gasteiger partial charge < -0.3 is 14.1 Å². The predicted molar refractivity (Wildman–Crippen MR) is 113 cm³/mol. The van der Waals surface area contributed by atoms with E-state index in [4.69, 9.17) is 9.15 Å². The third-order valence-electron chi connectivity index (χ3n) is 4.48. The number of sulfonamides is 1. The zero-order valence-corrected chi connectivity index (χ0v) is 18.2. The number of anilines is 1. The van der Waals surface area contributed by atoms with Crippen molar-refractivity contribution in [3.05, 3.63) is 52.7 Å². The molecule has 4 rings (SSSR count). The predicted octanol–water partition coefficient (Wildman–Crippen LogP) is 3.92. The molecule has 2 aromatic carbocycles. The molecular weight excluding hydrogens is 460 g/mol. The maximum absolute atomic E-state index is 12.8. The number of nitrogens with zero attached hydrogens (tertiary/aromatic N) is 1. The molecule has 0 spiro atoms. The van der Waals surface area contributed by atoms with Crippen molar-refractivity contribution in [3.8, 4) is 5.75 Å². The zero-order valence-electron chi connectivity index (χ0n) is 15.8. The zero-order chi connectivity index (χ0) is 20.8. The lowest BCUT2D eigenvalue weighted by molar-refractivity contribution is 0.0956. The van der Waals surface area contributed by atoms with E-state index in [1.54, 1.807) is 24.3 Å². The van der Waals surface area contributed by atoms with E-state index in [0.717, 1.165) is 23.0 Å². The number of rotatable bonds is 6. The van der Waals surface area contributed by atoms with E-state index in [2.05, 4.69) is 20.7 Å². The van der Waals surface area contributed by atoms with E-state index in [0.29, 0.717) is 11.0 Å². The lowest BCUT2D eigenvalue weighted by atomic mass is 10.2. The van der Waals surface area contributed by atoms with Crippen LogP contribution < -0.4 is 14.4 Å². The lowest BCUT2D eigenvalue weighted by Gasteiger charge is -2.13. The summed E-state index contributed by atoms with van der Waals surface area (Å²) in [4.78, 5) is 14.4. The minimum atomic E-state index is -4.13. The van der Waals surface area contributed by atoms with E-state index < -0.39 is 15.9 Å². The number of benzene rings is 2. The summed E-state index contributed by atoms with van der Waals surface area (Å²) in [6.45, 7) is 0. The van der Waals surface area contributed by atoms with Crippen LogP contribution in [0.5, 0.6) is 5.75 Å². The van der Waals surface area contributed by atoms with Crippen molar-refractivity contribution in [2.24, 2.45) is 0 Å². The second-order valence-electron chi connectivity index (χ2n) is 7.05. The standard InChI is InChI=1S/C20H19BrN2O5S/c1-23(2)15-11-17-12(9-14(15)21)10-18(28-17)20(24)22-29(25,26)19-6-4-3-5-16(19)27-13-7-8-13/h3-6,9-11,13H,7-8H2,1-2H3,(H,22,24). The number of halogens is 1. The lowest BCUT2D eigenvalue weighted by Crippen LogP contribution is -2.30. The first kappa shape index (κ1) is 19.8. The fraction of sp³-hybridized carbons (Fsp3) is 0.250. The Morgan fingerprint density at radius 3 is 2.62 bits per heavy atom. The van der Waals surface area contributed by atoms with Crippen LogP contribution >= 0.6 is 15.9 Å². The van der Waals surface area contributed by atoms with E-state index in [1.165, 1.54) is 12.1 Å². The molecule has 1 amide bonds. The first-order valence-corrected chi connectivity index (χ1v) is 11.3. The van der Waals surface area contributed by atoms with Gasteiger partial charge in [0.1, 0.15) is 16.2 Å². The smallest absolute Gasteiger partial charge is 0.300 e. The van der Waals surface area contributed by atoms with Crippen molar-refractivity contribution >= 4 is 48.5 Å². The average Bonchev–Trinajstić information content (AvgIpc) is 3.37. The van der Waals surface area contributed by atoms with E-state index >= 15 is 0 Å². The number of hydrogen-bond donors (Lipinski definition) is 1. The summed E-state index contributed by atoms with van der Waals surface area (Å²) < 4.78 is 39.7. The Balaban J connectivity index is 1.62. The third kappa shape index (κ3) is 4.11. The number of para-hydroxylation sites is 1. The molecule has 1 saturated carbocycles. The molecule has 0 aliphatic heterocycles. The SMILES string of the molecule is CN(C)c1cc2oc(C(=O)NS(=O)(=O)c3ccccc3OC3CC3)cc2cc1Br. The van der Waals surface area contributed by atoms with Crippen molar-refractivity contribution in [2.75, 3.05) is 19.0 Å². The van der Waals surface area contributed by atoms with Gasteiger partial charge in [-0.05, 0) is 53.0 Å². The topological polar surface area (TPSA) is 88.9 Å². The monoisotopic (exact) mass is 478 g/mol. The fourth-order valence-electron chi connectivity index (χ4n) is 2.87. The van der Waals surface area contributed by atoms with Crippen LogP contribution in [0.4, 0.5) is 5.69 Å². The molecule has 3 aromatic rings. The van der Waals surface area contributed by atoms with Crippen molar-refractivity contribution in [3.63, 3.8) is 0 Å². The minimum absolute atomic E-state index is 0.0294. The van der Waals surface area contributed by atoms with Crippen LogP contribution in [0, 0.1) is 0 Å². The highest BCUT2D eigenvalue weighted by Gasteiger charge is 2.29. The highest BCUT2D eigenvalue weighted by molar-refractivity contribution is 9.10. The Hall–Kier alpha value is -2.52. The minimum Gasteiger partial charge on any atom is -0.489 e. The second kappa shape index (κ2) is 7.38. The summed E-state index contributed by atoms with van der Waals surface area (Å²) in [5.41, 5.74) is 1.36. The van der Waals surface area contributed by atoms with Crippen LogP contribution in [-0.4, -0.2) is 34.5 Å². The number of furan rings is 1. The number of ether oxygens (including phenoxy) is 1. The van der Waals surface area contributed by atoms with Gasteiger partial charge in [-0.2, -0.15) is 0 Å². The van der Waals surface area contributed by atoms with Crippen LogP contribution in [0.15, 0.2) is 56.2 Å². The molecule has 1 fully saturated rings. The molecule has 7 nitrogen and oxygen atoms in total. The number of hydrogen-bond acceptors (Lipinski definition) is 6. The normalized spacial score (nSPS) is 14.0. The third-order valence-corrected chi connectivity index (χ3v) is 6.48. The van der Waals surface area contributed by atoms with Gasteiger partial charge in [0.05, 0.1) is 11.8 Å². The van der Waals surface area contributed by atoms with Crippen LogP contribution in [0.1, 0.15) is 23.4 Å². The second-order valence-corrected chi connectivity index (χ2v) is 9.55. The molecule has 0 atom stereocenters. The Bertz CT molecular complexity index is 1200. The van der Waals surface area contributed by atoms with Crippen LogP contribution in [0.2, 0.25) is 0 Å². The Morgan fingerprint density at radius 1 is 1.21 bits per heavy atom. The quantitative estimate of drug-likeness (QED) is 0.577. The number of carbonyl (C=O) groups is 1. The Kier molecular flexibility index (Phi) is 5.04. The van der Waals surface area contributed by atoms with Gasteiger partial charge in [-0.15, -0.1) is 0 Å². The van der Waals surface area contributed by atoms with E-state index in [9.17, 15) is 13.2 Å². The van der Waals surface area contributed by atoms with E-state index in [1.807, 2.05) is 25.1 Å². The summed E-state index contributed by atoms with van der Waals surface area (Å²) in [6, 6.07) is 11.4. The molecule has 0 saturated heterocycles. The maximum Gasteiger partial charge on any atom is 0.300 e. The average molecular weight is 479 g/mol. The van der Waals surface area contributed by atoms with Gasteiger partial charge >= 0.3 is 5.91 Å². The van der Waals surface area contributed by atoms with E-state index in [-0.39, 0.29) is 22.5 Å². The summed E-state index contributed by atoms with van der Waals surface area (Å²) >= 11 is 3.48. The molecule has 1 N–H and O–H groups in total. The number of fused-ring (bicyclic) bond motifs is 1. The van der Waals surface area contributed by atoms with Crippen molar-refractivity contribution < 1.29 is 22.4 Å². The van der Waals surface area contributed by atoms with Crippen molar-refractivity contribution in [1.82, 2.24) is 4.72 Å². The largest absolute Gasteiger partial charge is 0.489 e. The molecule has 1 aliphatic carbocycles. The van der Waals surface area contributed by atoms with Crippen LogP contribution in [0.25, 0.3) is 11.0 Å². The van der Waals surface area contributed by atoms with Gasteiger partial charge in [-0.3, -0.25) is 4.79 Å². The fourth-order valence-corrected chi connectivity index (χ4v) is 4.67. The van der Waals surface area contributed by atoms with Gasteiger partial charge in [0.2, 0.25) is 0 Å². The summed E-state index contributed by atoms with van der Waals surface area (Å²) in [5.74, 6) is -0.698. The van der Waals surface area contributed by atoms with Gasteiger partial charge in [-0.1, -0.05) is 12.1 Å². The van der Waals surface area contributed by atoms with Crippen molar-refractivity contribution in [1.29, 1.82) is 0 Å². The molecule has 1 heterocycles. The van der Waals surface area contributed by atoms with Gasteiger partial charge in [0, 0.05) is 30.0 Å². The summed E-state index contributed by atoms with van der Waals surface area (Å²) in [6.07, 6.45) is 1.82. The Labute approximate surface area is 176 Å². The molecule has 0 unspecified atom stereocenters. The molecule has 0 bridgehead atoms. The van der Waals surface area contributed by atoms with Gasteiger partial charge in [0.15, 0.2) is 5.76 Å². The number of carbonyl (C=O) groups excluding carboxylic acids is 1.